The minimum atomic E-state index is -5.07. The van der Waals surface area contributed by atoms with E-state index >= 15 is 0 Å². The number of amides is 3. The summed E-state index contributed by atoms with van der Waals surface area (Å²) in [6.45, 7) is 10.5. The Hall–Kier alpha value is -8.92. The molecule has 5 aliphatic rings. The summed E-state index contributed by atoms with van der Waals surface area (Å²) in [5.74, 6) is -0.639. The van der Waals surface area contributed by atoms with Gasteiger partial charge in [-0.3, -0.25) is 24.4 Å². The van der Waals surface area contributed by atoms with Crippen LogP contribution in [0.25, 0.3) is 0 Å². The third-order valence-electron chi connectivity index (χ3n) is 20.5. The second kappa shape index (κ2) is 48.3. The molecule has 0 spiro atoms. The predicted molar refractivity (Wildman–Crippen MR) is 458 cm³/mol. The van der Waals surface area contributed by atoms with Gasteiger partial charge in [0.1, 0.15) is 56.5 Å². The monoisotopic (exact) mass is 1800 g/mol. The van der Waals surface area contributed by atoms with E-state index in [1.165, 1.54) is 48.2 Å². The molecule has 7 heterocycles. The predicted octanol–water partition coefficient (Wildman–Crippen LogP) is 6.08. The number of carbonyl (C=O) groups is 3. The topological polar surface area (TPSA) is 411 Å². The van der Waals surface area contributed by atoms with Crippen molar-refractivity contribution in [2.45, 2.75) is 95.0 Å². The molecule has 0 radical (unpaired) electrons. The molecule has 12 rings (SSSR count). The van der Waals surface area contributed by atoms with Crippen LogP contribution in [0.1, 0.15) is 74.2 Å². The summed E-state index contributed by atoms with van der Waals surface area (Å²) in [7, 11) is 2.05. The number of quaternary nitrogens is 1. The van der Waals surface area contributed by atoms with E-state index in [4.69, 9.17) is 105 Å². The van der Waals surface area contributed by atoms with Crippen molar-refractivity contribution in [2.24, 2.45) is 15.7 Å². The molecule has 3 amide bonds. The molecule has 38 heteroatoms. The van der Waals surface area contributed by atoms with Crippen LogP contribution in [0.4, 0.5) is 11.4 Å². The second-order valence-electron chi connectivity index (χ2n) is 30.2. The van der Waals surface area contributed by atoms with Gasteiger partial charge >= 0.3 is 10.4 Å². The number of rotatable bonds is 55. The van der Waals surface area contributed by atoms with Crippen molar-refractivity contribution in [1.82, 2.24) is 15.1 Å². The molecule has 5 aliphatic heterocycles. The van der Waals surface area contributed by atoms with Crippen molar-refractivity contribution >= 4 is 74.6 Å². The number of aliphatic hydroxyl groups excluding tert-OH is 4. The highest BCUT2D eigenvalue weighted by Gasteiger charge is 2.46. The van der Waals surface area contributed by atoms with Crippen LogP contribution >= 0.6 is 22.7 Å². The highest BCUT2D eigenvalue weighted by Crippen LogP contribution is 2.43. The summed E-state index contributed by atoms with van der Waals surface area (Å²) < 4.78 is 136. The number of nitrogens with one attached hydrogen (secondary N) is 1. The van der Waals surface area contributed by atoms with E-state index in [9.17, 15) is 43.2 Å². The van der Waals surface area contributed by atoms with E-state index in [2.05, 4.69) is 17.4 Å². The molecule has 125 heavy (non-hydrogen) atoms. The quantitative estimate of drug-likeness (QED) is 0.0186. The van der Waals surface area contributed by atoms with E-state index in [1.54, 1.807) is 59.1 Å². The molecular formula is C87H112N7O28S3+. The number of fused-ring (bicyclic) bond motifs is 6. The largest absolute Gasteiger partial charge is 0.501 e. The van der Waals surface area contributed by atoms with Gasteiger partial charge in [-0.25, -0.2) is 0 Å². The fourth-order valence-electron chi connectivity index (χ4n) is 14.3. The smallest absolute Gasteiger partial charge is 0.493 e. The first-order valence-electron chi connectivity index (χ1n) is 41.4. The molecule has 0 bridgehead atoms. The zero-order valence-corrected chi connectivity index (χ0v) is 73.0. The first kappa shape index (κ1) is 95.2. The average molecular weight is 1800 g/mol. The van der Waals surface area contributed by atoms with Crippen molar-refractivity contribution in [1.29, 1.82) is 0 Å². The lowest BCUT2D eigenvalue weighted by Crippen LogP contribution is -2.60. The van der Waals surface area contributed by atoms with Crippen LogP contribution in [0.2, 0.25) is 0 Å². The number of hydrogen-bond acceptors (Lipinski definition) is 33. The summed E-state index contributed by atoms with van der Waals surface area (Å²) in [6, 6.07) is 26.4. The van der Waals surface area contributed by atoms with Crippen LogP contribution in [0.15, 0.2) is 118 Å². The highest BCUT2D eigenvalue weighted by molar-refractivity contribution is 7.82. The van der Waals surface area contributed by atoms with Crippen molar-refractivity contribution < 1.29 is 137 Å². The third-order valence-corrected chi connectivity index (χ3v) is 23.3. The van der Waals surface area contributed by atoms with E-state index < -0.39 is 65.1 Å². The third kappa shape index (κ3) is 28.0. The lowest BCUT2D eigenvalue weighted by atomic mass is 9.99. The Morgan fingerprint density at radius 1 is 0.512 bits per heavy atom. The lowest BCUT2D eigenvalue weighted by Gasteiger charge is -2.39. The fraction of sp³-hybridized carbons (Fsp3) is 0.506. The van der Waals surface area contributed by atoms with Gasteiger partial charge in [-0.05, 0) is 118 Å². The molecule has 2 aromatic heterocycles. The van der Waals surface area contributed by atoms with Gasteiger partial charge < -0.3 is 135 Å². The van der Waals surface area contributed by atoms with Crippen LogP contribution in [0, 0.1) is 0 Å². The molecule has 680 valence electrons. The number of thiophene rings is 2. The standard InChI is InChI=1S/C87H111N7O28S3/c1-94(2,54-59-39-60(56-117-75-47-70-68(45-73(75)104-3)85(100)92-51-63-11-37-123-79(63)43-65(92)49-90-70)41-61(40-59)57-118-76-48-71-69(46-74(76)105-4)86(101)93-52-64-12-38-124-80(64)44-66(93)50-91-71)53-58-5-8-67(9-6-58)121-125(102,103)122-77-42-62(7-10-72(77)119-87-83(98)82(97)81(96)78(55-95)120-87)84(99)89-14-16-107-18-20-109-22-24-111-26-28-113-30-32-115-34-36-116-35-33-114-31-29-112-27-25-110-23-21-108-19-17-106-15-13-88/h5-12,37-42,45-50,65-66,78,81-83,87,95-98H,13-36,43-44,51-57,88H2,1-4H3/p+1/t65-,66-,78+,81-,82-,83+,87?/m0/s1. The number of nitrogens with two attached hydrogens (primary N) is 1. The van der Waals surface area contributed by atoms with E-state index in [1.807, 2.05) is 65.3 Å². The Labute approximate surface area is 734 Å². The van der Waals surface area contributed by atoms with E-state index in [0.29, 0.717) is 221 Å². The molecule has 1 fully saturated rings. The molecule has 5 aromatic carbocycles. The minimum absolute atomic E-state index is 0.0320. The van der Waals surface area contributed by atoms with Crippen molar-refractivity contribution in [3.63, 3.8) is 0 Å². The number of nitrogens with zero attached hydrogens (tertiary/aromatic N) is 5. The van der Waals surface area contributed by atoms with Gasteiger partial charge in [-0.15, -0.1) is 31.1 Å². The zero-order chi connectivity index (χ0) is 87.9. The van der Waals surface area contributed by atoms with Crippen molar-refractivity contribution in [3.05, 3.63) is 168 Å². The molecule has 35 nitrogen and oxygen atoms in total. The number of carbonyl (C=O) groups excluding carboxylic acids is 3. The maximum atomic E-state index is 14.2. The number of ether oxygens (including phenoxy) is 17. The Morgan fingerprint density at radius 3 is 1.40 bits per heavy atom. The van der Waals surface area contributed by atoms with Gasteiger partial charge in [0.25, 0.3) is 17.7 Å². The number of hydrogen-bond donors (Lipinski definition) is 6. The van der Waals surface area contributed by atoms with Crippen LogP contribution in [0.3, 0.4) is 0 Å². The van der Waals surface area contributed by atoms with Crippen LogP contribution in [-0.4, -0.2) is 309 Å². The van der Waals surface area contributed by atoms with E-state index in [0.717, 1.165) is 39.4 Å². The summed E-state index contributed by atoms with van der Waals surface area (Å²) >= 11 is 3.36. The van der Waals surface area contributed by atoms with Gasteiger partial charge in [0, 0.05) is 90.0 Å². The molecule has 7 aromatic rings. The first-order chi connectivity index (χ1) is 60.8. The first-order valence-corrected chi connectivity index (χ1v) is 44.5. The van der Waals surface area contributed by atoms with Crippen LogP contribution in [-0.2, 0) is 119 Å². The van der Waals surface area contributed by atoms with Crippen LogP contribution in [0.5, 0.6) is 40.2 Å². The van der Waals surface area contributed by atoms with Crippen molar-refractivity contribution in [2.75, 3.05) is 193 Å². The second-order valence-corrected chi connectivity index (χ2v) is 33.4. The molecule has 1 unspecified atom stereocenters. The van der Waals surface area contributed by atoms with Gasteiger partial charge in [0.05, 0.1) is 215 Å². The summed E-state index contributed by atoms with van der Waals surface area (Å²) in [5.41, 5.74) is 12.5. The zero-order valence-electron chi connectivity index (χ0n) is 70.5. The lowest BCUT2D eigenvalue weighted by molar-refractivity contribution is -0.916. The molecule has 1 saturated heterocycles. The highest BCUT2D eigenvalue weighted by atomic mass is 32.3. The number of methoxy groups -OCH3 is 2. The minimum Gasteiger partial charge on any atom is -0.493 e. The normalized spacial score (nSPS) is 18.4. The number of aliphatic imine (C=N–C) groups is 2. The van der Waals surface area contributed by atoms with Gasteiger partial charge in [-0.1, -0.05) is 0 Å². The van der Waals surface area contributed by atoms with Gasteiger partial charge in [0.15, 0.2) is 34.5 Å². The Balaban J connectivity index is 0.603. The van der Waals surface area contributed by atoms with Crippen molar-refractivity contribution in [3.8, 4) is 40.2 Å². The molecular weight excluding hydrogens is 1690 g/mol. The number of aliphatic hydroxyl groups is 4. The Kier molecular flexibility index (Phi) is 36.8. The Bertz CT molecular complexity index is 4630. The van der Waals surface area contributed by atoms with Gasteiger partial charge in [-0.2, -0.15) is 0 Å². The fourth-order valence-corrected chi connectivity index (χ4v) is 16.9. The molecule has 0 saturated carbocycles. The summed E-state index contributed by atoms with van der Waals surface area (Å²) in [5, 5.41) is 48.6. The number of benzene rings is 5. The molecule has 0 aliphatic carbocycles. The Morgan fingerprint density at radius 2 is 0.952 bits per heavy atom. The maximum Gasteiger partial charge on any atom is 0.501 e. The molecule has 7 atom stereocenters. The summed E-state index contributed by atoms with van der Waals surface area (Å²) in [6.07, 6.45) is -3.63. The maximum absolute atomic E-state index is 14.2. The SMILES string of the molecule is COc1cc2c(cc1OCc1cc(COc3cc4c(cc3OC)C(=O)N3Cc5ccsc5C[C@H]3C=N4)cc(C[N+](C)(C)Cc3ccc(OS(=O)(=O)Oc4cc(C(=O)NCCOCCOCCOCCOCCOCCOCCOCCOCCOCCOCCOCCN)ccc4OC4O[C@H](CO)[C@H](O)[C@H](O)[C@H]4O)cc3)c1)N=C[C@@H]1Cc3sccc3CN1C2=O. The van der Waals surface area contributed by atoms with E-state index in [-0.39, 0.29) is 74.8 Å². The molecule has 7 N–H and O–H groups in total. The van der Waals surface area contributed by atoms with Crippen LogP contribution < -0.4 is 43.1 Å². The average Bonchev–Trinajstić information content (AvgIpc) is 1.65. The van der Waals surface area contributed by atoms with Gasteiger partial charge in [0.2, 0.25) is 6.29 Å². The summed E-state index contributed by atoms with van der Waals surface area (Å²) in [4.78, 5) is 57.9.